The third kappa shape index (κ3) is 3.28. The van der Waals surface area contributed by atoms with Crippen LogP contribution in [0, 0.1) is 0 Å². The molecule has 0 aliphatic carbocycles. The summed E-state index contributed by atoms with van der Waals surface area (Å²) in [5.74, 6) is 0. The third-order valence-electron chi connectivity index (χ3n) is 2.08. The van der Waals surface area contributed by atoms with Gasteiger partial charge in [0.05, 0.1) is 0 Å². The van der Waals surface area contributed by atoms with Crippen LogP contribution in [0.3, 0.4) is 0 Å². The topological polar surface area (TPSA) is 118 Å². The Morgan fingerprint density at radius 2 is 2.00 bits per heavy atom. The minimum Gasteiger partial charge on any atom is -0.372 e. The summed E-state index contributed by atoms with van der Waals surface area (Å²) in [6.07, 6.45) is 4.61. The quantitative estimate of drug-likeness (QED) is 0.515. The Kier molecular flexibility index (Phi) is 4.50. The highest BCUT2D eigenvalue weighted by atomic mass is 31.2. The van der Waals surface area contributed by atoms with Crippen molar-refractivity contribution in [3.8, 4) is 0 Å². The maximum atomic E-state index is 11.0. The predicted octanol–water partition coefficient (Wildman–Crippen LogP) is -0.339. The molecule has 0 saturated carbocycles. The lowest BCUT2D eigenvalue weighted by atomic mass is 10.3. The van der Waals surface area contributed by atoms with Crippen molar-refractivity contribution in [1.29, 1.82) is 0 Å². The zero-order valence-corrected chi connectivity index (χ0v) is 10.1. The molecule has 3 atom stereocenters. The van der Waals surface area contributed by atoms with E-state index < -0.39 is 27.3 Å². The first-order valence-electron chi connectivity index (χ1n) is 4.39. The van der Waals surface area contributed by atoms with Gasteiger partial charge in [0.2, 0.25) is 8.03 Å². The molecule has 0 aromatic carbocycles. The molecule has 3 unspecified atom stereocenters. The van der Waals surface area contributed by atoms with Crippen molar-refractivity contribution in [1.82, 2.24) is 4.90 Å². The Hall–Kier alpha value is -0.420. The molecule has 0 aromatic rings. The molecule has 4 N–H and O–H groups in total. The minimum atomic E-state index is -4.82. The fourth-order valence-corrected chi connectivity index (χ4v) is 3.42. The normalized spacial score (nSPS) is 21.9. The molecule has 1 aliphatic heterocycles. The van der Waals surface area contributed by atoms with E-state index in [-0.39, 0.29) is 6.54 Å². The second-order valence-electron chi connectivity index (χ2n) is 3.25. The zero-order valence-electron chi connectivity index (χ0n) is 8.17. The summed E-state index contributed by atoms with van der Waals surface area (Å²) in [6, 6.07) is 0. The smallest absolute Gasteiger partial charge is 0.342 e. The fourth-order valence-electron chi connectivity index (χ4n) is 1.30. The Labute approximate surface area is 92.7 Å². The standard InChI is InChI=1S/C7H13NO6P2/c9-6(8-4-2-1-3-5-8)7(15(10)11)16(12,13)14/h1-4,6-7,9,15H,5H2,(H,10,11)(H2,12,13,14). The molecule has 9 heteroatoms. The maximum absolute atomic E-state index is 11.0. The maximum Gasteiger partial charge on any atom is 0.342 e. The van der Waals surface area contributed by atoms with Gasteiger partial charge in [-0.25, -0.2) is 0 Å². The summed E-state index contributed by atoms with van der Waals surface area (Å²) < 4.78 is 21.9. The van der Waals surface area contributed by atoms with Crippen LogP contribution in [0.15, 0.2) is 24.4 Å². The highest BCUT2D eigenvalue weighted by Crippen LogP contribution is 2.53. The van der Waals surface area contributed by atoms with Gasteiger partial charge in [0, 0.05) is 12.7 Å². The van der Waals surface area contributed by atoms with Gasteiger partial charge in [0.25, 0.3) is 0 Å². The van der Waals surface area contributed by atoms with E-state index in [1.54, 1.807) is 18.2 Å². The fraction of sp³-hybridized carbons (Fsp3) is 0.429. The SMILES string of the molecule is O=[PH](O)C(C(O)N1C=CC=CC1)P(=O)(O)O. The largest absolute Gasteiger partial charge is 0.372 e. The summed E-state index contributed by atoms with van der Waals surface area (Å²) in [4.78, 5) is 27.9. The lowest BCUT2D eigenvalue weighted by Crippen LogP contribution is -2.39. The molecule has 16 heavy (non-hydrogen) atoms. The molecule has 0 amide bonds. The van der Waals surface area contributed by atoms with Crippen LogP contribution in [0.25, 0.3) is 0 Å². The monoisotopic (exact) mass is 269 g/mol. The van der Waals surface area contributed by atoms with Gasteiger partial charge in [-0.15, -0.1) is 0 Å². The Morgan fingerprint density at radius 1 is 1.38 bits per heavy atom. The van der Waals surface area contributed by atoms with Gasteiger partial charge in [0.15, 0.2) is 5.40 Å². The van der Waals surface area contributed by atoms with E-state index in [0.29, 0.717) is 0 Å². The third-order valence-corrected chi connectivity index (χ3v) is 5.55. The van der Waals surface area contributed by atoms with Crippen LogP contribution in [0.5, 0.6) is 0 Å². The van der Waals surface area contributed by atoms with Gasteiger partial charge >= 0.3 is 7.60 Å². The lowest BCUT2D eigenvalue weighted by molar-refractivity contribution is 0.0498. The van der Waals surface area contributed by atoms with Gasteiger partial charge in [0.1, 0.15) is 6.23 Å². The summed E-state index contributed by atoms with van der Waals surface area (Å²) in [5.41, 5.74) is 0. The first-order valence-corrected chi connectivity index (χ1v) is 7.50. The molecule has 0 saturated heterocycles. The summed E-state index contributed by atoms with van der Waals surface area (Å²) >= 11 is 0. The van der Waals surface area contributed by atoms with E-state index >= 15 is 0 Å². The van der Waals surface area contributed by atoms with Crippen molar-refractivity contribution in [3.05, 3.63) is 24.4 Å². The van der Waals surface area contributed by atoms with Crippen LogP contribution >= 0.6 is 15.6 Å². The van der Waals surface area contributed by atoms with Crippen LogP contribution in [0.4, 0.5) is 0 Å². The molecule has 0 fully saturated rings. The summed E-state index contributed by atoms with van der Waals surface area (Å²) in [7, 11) is -8.36. The van der Waals surface area contributed by atoms with E-state index in [9.17, 15) is 14.2 Å². The molecule has 1 heterocycles. The highest BCUT2D eigenvalue weighted by molar-refractivity contribution is 7.65. The van der Waals surface area contributed by atoms with E-state index in [1.165, 1.54) is 11.1 Å². The van der Waals surface area contributed by atoms with E-state index in [4.69, 9.17) is 14.7 Å². The first-order chi connectivity index (χ1) is 7.34. The average molecular weight is 269 g/mol. The first kappa shape index (κ1) is 13.6. The number of allylic oxidation sites excluding steroid dienone is 2. The van der Waals surface area contributed by atoms with Gasteiger partial charge in [-0.05, 0) is 6.08 Å². The second kappa shape index (κ2) is 5.27. The molecule has 1 rings (SSSR count). The van der Waals surface area contributed by atoms with Gasteiger partial charge in [-0.1, -0.05) is 12.2 Å². The van der Waals surface area contributed by atoms with Crippen LogP contribution in [0.2, 0.25) is 0 Å². The molecule has 92 valence electrons. The molecule has 0 bridgehead atoms. The van der Waals surface area contributed by atoms with Crippen LogP contribution < -0.4 is 0 Å². The van der Waals surface area contributed by atoms with Gasteiger partial charge in [-0.2, -0.15) is 0 Å². The van der Waals surface area contributed by atoms with E-state index in [1.807, 2.05) is 0 Å². The average Bonchev–Trinajstić information content (AvgIpc) is 2.16. The molecule has 0 radical (unpaired) electrons. The van der Waals surface area contributed by atoms with Crippen molar-refractivity contribution in [2.24, 2.45) is 0 Å². The number of nitrogens with zero attached hydrogens (tertiary/aromatic N) is 1. The number of aliphatic hydroxyl groups is 1. The lowest BCUT2D eigenvalue weighted by Gasteiger charge is -2.31. The second-order valence-corrected chi connectivity index (χ2v) is 6.77. The molecule has 7 nitrogen and oxygen atoms in total. The summed E-state index contributed by atoms with van der Waals surface area (Å²) in [6.45, 7) is 0.226. The van der Waals surface area contributed by atoms with Crippen LogP contribution in [0.1, 0.15) is 0 Å². The molecule has 0 spiro atoms. The van der Waals surface area contributed by atoms with E-state index in [0.717, 1.165) is 0 Å². The number of hydrogen-bond donors (Lipinski definition) is 4. The predicted molar refractivity (Wildman–Crippen MR) is 58.0 cm³/mol. The van der Waals surface area contributed by atoms with Crippen molar-refractivity contribution >= 4 is 15.6 Å². The van der Waals surface area contributed by atoms with Crippen molar-refractivity contribution in [3.63, 3.8) is 0 Å². The number of aliphatic hydroxyl groups excluding tert-OH is 1. The number of hydrogen-bond acceptors (Lipinski definition) is 4. The zero-order chi connectivity index (χ0) is 12.3. The Morgan fingerprint density at radius 3 is 2.38 bits per heavy atom. The summed E-state index contributed by atoms with van der Waals surface area (Å²) in [5, 5.41) is 7.69. The Balaban J connectivity index is 2.87. The molecule has 0 aromatic heterocycles. The highest BCUT2D eigenvalue weighted by Gasteiger charge is 2.42. The molecular formula is C7H13NO6P2. The van der Waals surface area contributed by atoms with Crippen molar-refractivity contribution in [2.45, 2.75) is 11.6 Å². The van der Waals surface area contributed by atoms with Crippen molar-refractivity contribution < 1.29 is 28.9 Å². The molecule has 1 aliphatic rings. The Bertz CT molecular complexity index is 375. The van der Waals surface area contributed by atoms with Crippen LogP contribution in [-0.4, -0.2) is 42.9 Å². The van der Waals surface area contributed by atoms with E-state index in [2.05, 4.69) is 0 Å². The van der Waals surface area contributed by atoms with Gasteiger partial charge in [-0.3, -0.25) is 9.13 Å². The molecular weight excluding hydrogens is 256 g/mol. The van der Waals surface area contributed by atoms with Crippen LogP contribution in [-0.2, 0) is 9.13 Å². The minimum absolute atomic E-state index is 0.226. The van der Waals surface area contributed by atoms with Gasteiger partial charge < -0.3 is 24.7 Å². The number of rotatable bonds is 4. The van der Waals surface area contributed by atoms with Crippen molar-refractivity contribution in [2.75, 3.05) is 6.54 Å².